The molecule has 0 saturated carbocycles. The van der Waals surface area contributed by atoms with Gasteiger partial charge in [-0.2, -0.15) is 5.10 Å². The van der Waals surface area contributed by atoms with Crippen LogP contribution in [0.5, 0.6) is 0 Å². The van der Waals surface area contributed by atoms with E-state index in [-0.39, 0.29) is 19.0 Å². The first-order valence-corrected chi connectivity index (χ1v) is 4.69. The van der Waals surface area contributed by atoms with Gasteiger partial charge >= 0.3 is 0 Å². The quantitative estimate of drug-likeness (QED) is 0.696. The Bertz CT molecular complexity index is 240. The Morgan fingerprint density at radius 1 is 1.57 bits per heavy atom. The van der Waals surface area contributed by atoms with Gasteiger partial charge in [-0.05, 0) is 6.42 Å². The lowest BCUT2D eigenvalue weighted by molar-refractivity contribution is 0.292. The number of aliphatic hydroxyl groups excluding tert-OH is 1. The fourth-order valence-corrected chi connectivity index (χ4v) is 1.16. The minimum atomic E-state index is 0. The van der Waals surface area contributed by atoms with Gasteiger partial charge < -0.3 is 10.4 Å². The number of hydrogen-bond donors (Lipinski definition) is 2. The third-order valence-electron chi connectivity index (χ3n) is 1.76. The molecular weight excluding hydrogens is 202 g/mol. The van der Waals surface area contributed by atoms with Gasteiger partial charge in [0.15, 0.2) is 0 Å². The maximum Gasteiger partial charge on any atom is 0.0556 e. The third kappa shape index (κ3) is 4.60. The summed E-state index contributed by atoms with van der Waals surface area (Å²) >= 11 is 0. The van der Waals surface area contributed by atoms with Crippen molar-refractivity contribution >= 4 is 12.4 Å². The van der Waals surface area contributed by atoms with Crippen LogP contribution in [0.4, 0.5) is 0 Å². The number of nitrogens with one attached hydrogen (secondary N) is 1. The zero-order valence-corrected chi connectivity index (χ0v) is 9.26. The molecule has 1 rings (SSSR count). The normalized spacial score (nSPS) is 9.86. The van der Waals surface area contributed by atoms with Crippen LogP contribution in [0.15, 0.2) is 12.4 Å². The Balaban J connectivity index is 0.00000169. The van der Waals surface area contributed by atoms with Crippen LogP contribution in [-0.2, 0) is 13.1 Å². The molecule has 14 heavy (non-hydrogen) atoms. The molecule has 0 radical (unpaired) electrons. The second-order valence-corrected chi connectivity index (χ2v) is 3.01. The molecule has 0 atom stereocenters. The van der Waals surface area contributed by atoms with E-state index in [9.17, 15) is 0 Å². The Morgan fingerprint density at radius 2 is 2.36 bits per heavy atom. The van der Waals surface area contributed by atoms with E-state index in [2.05, 4.69) is 17.3 Å². The lowest BCUT2D eigenvalue weighted by Gasteiger charge is -1.98. The molecule has 5 heteroatoms. The van der Waals surface area contributed by atoms with Crippen molar-refractivity contribution in [2.24, 2.45) is 0 Å². The van der Waals surface area contributed by atoms with Crippen molar-refractivity contribution < 1.29 is 5.11 Å². The maximum absolute atomic E-state index is 8.55. The molecule has 1 aromatic heterocycles. The molecule has 0 aliphatic rings. The molecule has 1 aromatic rings. The molecule has 0 aromatic carbocycles. The molecule has 0 aliphatic carbocycles. The van der Waals surface area contributed by atoms with E-state index in [1.807, 2.05) is 17.1 Å². The Hall–Kier alpha value is -0.580. The number of halogens is 1. The molecule has 4 nitrogen and oxygen atoms in total. The van der Waals surface area contributed by atoms with Gasteiger partial charge in [0.1, 0.15) is 0 Å². The number of hydrogen-bond acceptors (Lipinski definition) is 3. The van der Waals surface area contributed by atoms with Gasteiger partial charge in [0, 0.05) is 31.4 Å². The molecule has 0 fully saturated rings. The largest absolute Gasteiger partial charge is 0.395 e. The minimum absolute atomic E-state index is 0. The van der Waals surface area contributed by atoms with Crippen LogP contribution in [0.2, 0.25) is 0 Å². The third-order valence-corrected chi connectivity index (χ3v) is 1.76. The SMILES string of the molecule is CCCn1cc(CNCCO)cn1.Cl. The average Bonchev–Trinajstić information content (AvgIpc) is 2.54. The zero-order chi connectivity index (χ0) is 9.52. The van der Waals surface area contributed by atoms with Crippen LogP contribution in [-0.4, -0.2) is 28.0 Å². The van der Waals surface area contributed by atoms with E-state index in [1.54, 1.807) is 0 Å². The van der Waals surface area contributed by atoms with Crippen molar-refractivity contribution in [3.8, 4) is 0 Å². The highest BCUT2D eigenvalue weighted by Crippen LogP contribution is 1.97. The smallest absolute Gasteiger partial charge is 0.0556 e. The monoisotopic (exact) mass is 219 g/mol. The van der Waals surface area contributed by atoms with Gasteiger partial charge in [0.25, 0.3) is 0 Å². The van der Waals surface area contributed by atoms with Crippen molar-refractivity contribution in [3.63, 3.8) is 0 Å². The highest BCUT2D eigenvalue weighted by atomic mass is 35.5. The van der Waals surface area contributed by atoms with E-state index in [0.717, 1.165) is 19.5 Å². The predicted octanol–water partition coefficient (Wildman–Crippen LogP) is 0.797. The van der Waals surface area contributed by atoms with E-state index in [1.165, 1.54) is 5.56 Å². The van der Waals surface area contributed by atoms with Crippen molar-refractivity contribution in [2.45, 2.75) is 26.4 Å². The molecule has 0 amide bonds. The maximum atomic E-state index is 8.55. The number of aromatic nitrogens is 2. The topological polar surface area (TPSA) is 50.1 Å². The van der Waals surface area contributed by atoms with E-state index in [4.69, 9.17) is 5.11 Å². The molecule has 0 unspecified atom stereocenters. The van der Waals surface area contributed by atoms with E-state index in [0.29, 0.717) is 6.54 Å². The van der Waals surface area contributed by atoms with Crippen LogP contribution < -0.4 is 5.32 Å². The molecule has 0 bridgehead atoms. The highest BCUT2D eigenvalue weighted by Gasteiger charge is 1.96. The standard InChI is InChI=1S/C9H17N3O.ClH/c1-2-4-12-8-9(7-11-12)6-10-3-5-13;/h7-8,10,13H,2-6H2,1H3;1H. The molecule has 1 heterocycles. The van der Waals surface area contributed by atoms with Gasteiger partial charge in [-0.25, -0.2) is 0 Å². The highest BCUT2D eigenvalue weighted by molar-refractivity contribution is 5.85. The second-order valence-electron chi connectivity index (χ2n) is 3.01. The Labute approximate surface area is 90.7 Å². The first-order chi connectivity index (χ1) is 6.36. The van der Waals surface area contributed by atoms with Crippen LogP contribution >= 0.6 is 12.4 Å². The number of rotatable bonds is 6. The summed E-state index contributed by atoms with van der Waals surface area (Å²) in [6.45, 7) is 4.71. The van der Waals surface area contributed by atoms with Crippen LogP contribution in [0.3, 0.4) is 0 Å². The van der Waals surface area contributed by atoms with Gasteiger partial charge in [-0.15, -0.1) is 12.4 Å². The Kier molecular flexibility index (Phi) is 7.47. The van der Waals surface area contributed by atoms with Crippen molar-refractivity contribution in [1.82, 2.24) is 15.1 Å². The summed E-state index contributed by atoms with van der Waals surface area (Å²) < 4.78 is 1.94. The van der Waals surface area contributed by atoms with Crippen LogP contribution in [0.1, 0.15) is 18.9 Å². The predicted molar refractivity (Wildman–Crippen MR) is 58.6 cm³/mol. The van der Waals surface area contributed by atoms with Gasteiger partial charge in [-0.3, -0.25) is 4.68 Å². The number of aliphatic hydroxyl groups is 1. The van der Waals surface area contributed by atoms with Crippen LogP contribution in [0, 0.1) is 0 Å². The summed E-state index contributed by atoms with van der Waals surface area (Å²) in [4.78, 5) is 0. The lowest BCUT2D eigenvalue weighted by Crippen LogP contribution is -2.17. The summed E-state index contributed by atoms with van der Waals surface area (Å²) in [6, 6.07) is 0. The summed E-state index contributed by atoms with van der Waals surface area (Å²) in [5.41, 5.74) is 1.17. The Morgan fingerprint density at radius 3 is 3.00 bits per heavy atom. The first kappa shape index (κ1) is 13.4. The average molecular weight is 220 g/mol. The summed E-state index contributed by atoms with van der Waals surface area (Å²) in [6.07, 6.45) is 5.00. The molecule has 0 aliphatic heterocycles. The molecule has 82 valence electrons. The van der Waals surface area contributed by atoms with Gasteiger partial charge in [0.05, 0.1) is 12.8 Å². The summed E-state index contributed by atoms with van der Waals surface area (Å²) in [5.74, 6) is 0. The van der Waals surface area contributed by atoms with E-state index >= 15 is 0 Å². The second kappa shape index (κ2) is 7.79. The minimum Gasteiger partial charge on any atom is -0.395 e. The molecule has 0 saturated heterocycles. The zero-order valence-electron chi connectivity index (χ0n) is 8.44. The molecule has 2 N–H and O–H groups in total. The summed E-state index contributed by atoms with van der Waals surface area (Å²) in [5, 5.41) is 15.9. The van der Waals surface area contributed by atoms with Crippen molar-refractivity contribution in [2.75, 3.05) is 13.2 Å². The van der Waals surface area contributed by atoms with Crippen LogP contribution in [0.25, 0.3) is 0 Å². The number of aryl methyl sites for hydroxylation is 1. The number of nitrogens with zero attached hydrogens (tertiary/aromatic N) is 2. The lowest BCUT2D eigenvalue weighted by atomic mass is 10.3. The van der Waals surface area contributed by atoms with E-state index < -0.39 is 0 Å². The fraction of sp³-hybridized carbons (Fsp3) is 0.667. The molecule has 0 spiro atoms. The first-order valence-electron chi connectivity index (χ1n) is 4.69. The fourth-order valence-electron chi connectivity index (χ4n) is 1.16. The molecular formula is C9H18ClN3O. The van der Waals surface area contributed by atoms with Crippen molar-refractivity contribution in [3.05, 3.63) is 18.0 Å². The van der Waals surface area contributed by atoms with Crippen molar-refractivity contribution in [1.29, 1.82) is 0 Å². The van der Waals surface area contributed by atoms with Gasteiger partial charge in [0.2, 0.25) is 0 Å². The summed E-state index contributed by atoms with van der Waals surface area (Å²) in [7, 11) is 0. The van der Waals surface area contributed by atoms with Gasteiger partial charge in [-0.1, -0.05) is 6.92 Å².